The summed E-state index contributed by atoms with van der Waals surface area (Å²) < 4.78 is 6.24. The predicted molar refractivity (Wildman–Crippen MR) is 166 cm³/mol. The third kappa shape index (κ3) is 4.47. The third-order valence-electron chi connectivity index (χ3n) is 7.06. The van der Waals surface area contributed by atoms with Gasteiger partial charge in [-0.2, -0.15) is 0 Å². The van der Waals surface area contributed by atoms with Crippen LogP contribution in [0.4, 0.5) is 34.1 Å². The van der Waals surface area contributed by atoms with Crippen LogP contribution in [-0.2, 0) is 0 Å². The molecule has 0 aromatic heterocycles. The van der Waals surface area contributed by atoms with E-state index in [9.17, 15) is 0 Å². The molecular formula is C36H25ClN2O. The van der Waals surface area contributed by atoms with Crippen molar-refractivity contribution >= 4 is 45.7 Å². The van der Waals surface area contributed by atoms with Gasteiger partial charge in [-0.15, -0.1) is 0 Å². The van der Waals surface area contributed by atoms with E-state index in [1.54, 1.807) is 0 Å². The molecule has 0 bridgehead atoms. The molecule has 1 aliphatic rings. The minimum absolute atomic E-state index is 0.649. The summed E-state index contributed by atoms with van der Waals surface area (Å²) in [6.45, 7) is 0. The number of halogens is 1. The van der Waals surface area contributed by atoms with Gasteiger partial charge in [-0.05, 0) is 77.9 Å². The summed E-state index contributed by atoms with van der Waals surface area (Å²) in [5.74, 6) is 1.61. The first-order chi connectivity index (χ1) is 19.7. The standard InChI is InChI=1S/C36H25ClN2O/c37-28-23-31(25-32(24-28)39-33-15-7-9-17-35(33)40-36-18-10-8-16-34(36)39)38(29-13-5-2-6-14-29)30-21-19-27(20-22-30)26-11-3-1-4-12-26/h1-25H. The van der Waals surface area contributed by atoms with Crippen LogP contribution in [0.1, 0.15) is 0 Å². The molecule has 0 saturated carbocycles. The van der Waals surface area contributed by atoms with Gasteiger partial charge in [-0.3, -0.25) is 0 Å². The maximum Gasteiger partial charge on any atom is 0.151 e. The van der Waals surface area contributed by atoms with Crippen molar-refractivity contribution in [3.05, 3.63) is 157 Å². The Morgan fingerprint density at radius 3 is 1.65 bits per heavy atom. The van der Waals surface area contributed by atoms with Gasteiger partial charge < -0.3 is 14.5 Å². The lowest BCUT2D eigenvalue weighted by atomic mass is 10.0. The number of para-hydroxylation sites is 5. The normalized spacial score (nSPS) is 11.8. The summed E-state index contributed by atoms with van der Waals surface area (Å²) >= 11 is 6.86. The number of ether oxygens (including phenoxy) is 1. The van der Waals surface area contributed by atoms with Crippen molar-refractivity contribution in [1.82, 2.24) is 0 Å². The summed E-state index contributed by atoms with van der Waals surface area (Å²) in [7, 11) is 0. The van der Waals surface area contributed by atoms with Gasteiger partial charge in [0.15, 0.2) is 11.5 Å². The van der Waals surface area contributed by atoms with Gasteiger partial charge in [0.2, 0.25) is 0 Å². The van der Waals surface area contributed by atoms with Crippen LogP contribution >= 0.6 is 11.6 Å². The summed E-state index contributed by atoms with van der Waals surface area (Å²) in [4.78, 5) is 4.45. The minimum atomic E-state index is 0.649. The highest BCUT2D eigenvalue weighted by molar-refractivity contribution is 6.31. The van der Waals surface area contributed by atoms with E-state index in [0.717, 1.165) is 45.6 Å². The van der Waals surface area contributed by atoms with E-state index >= 15 is 0 Å². The molecule has 0 fully saturated rings. The van der Waals surface area contributed by atoms with Gasteiger partial charge in [0, 0.05) is 27.8 Å². The molecule has 3 nitrogen and oxygen atoms in total. The van der Waals surface area contributed by atoms with E-state index < -0.39 is 0 Å². The number of hydrogen-bond acceptors (Lipinski definition) is 3. The summed E-state index contributed by atoms with van der Waals surface area (Å²) in [6, 6.07) is 51.8. The molecule has 0 saturated heterocycles. The smallest absolute Gasteiger partial charge is 0.151 e. The molecule has 6 aromatic carbocycles. The number of benzene rings is 6. The molecule has 7 rings (SSSR count). The van der Waals surface area contributed by atoms with Gasteiger partial charge in [-0.25, -0.2) is 0 Å². The topological polar surface area (TPSA) is 15.7 Å². The van der Waals surface area contributed by atoms with Gasteiger partial charge in [0.05, 0.1) is 11.4 Å². The van der Waals surface area contributed by atoms with Crippen LogP contribution in [0, 0.1) is 0 Å². The van der Waals surface area contributed by atoms with Crippen molar-refractivity contribution in [1.29, 1.82) is 0 Å². The Morgan fingerprint density at radius 2 is 1.00 bits per heavy atom. The zero-order valence-electron chi connectivity index (χ0n) is 21.6. The van der Waals surface area contributed by atoms with Gasteiger partial charge in [-0.1, -0.05) is 96.5 Å². The van der Waals surface area contributed by atoms with Gasteiger partial charge in [0.25, 0.3) is 0 Å². The fraction of sp³-hybridized carbons (Fsp3) is 0. The third-order valence-corrected chi connectivity index (χ3v) is 7.28. The summed E-state index contributed by atoms with van der Waals surface area (Å²) in [5, 5.41) is 0.649. The van der Waals surface area contributed by atoms with E-state index in [2.05, 4.69) is 101 Å². The largest absolute Gasteiger partial charge is 0.453 e. The first kappa shape index (κ1) is 24.1. The van der Waals surface area contributed by atoms with E-state index in [0.29, 0.717) is 5.02 Å². The predicted octanol–water partition coefficient (Wildman–Crippen LogP) is 11.1. The highest BCUT2D eigenvalue weighted by Gasteiger charge is 2.26. The van der Waals surface area contributed by atoms with Crippen molar-refractivity contribution in [2.45, 2.75) is 0 Å². The first-order valence-corrected chi connectivity index (χ1v) is 13.6. The van der Waals surface area contributed by atoms with Crippen LogP contribution < -0.4 is 14.5 Å². The lowest BCUT2D eigenvalue weighted by Gasteiger charge is -2.34. The van der Waals surface area contributed by atoms with E-state index in [1.165, 1.54) is 11.1 Å². The van der Waals surface area contributed by atoms with Crippen molar-refractivity contribution < 1.29 is 4.74 Å². The van der Waals surface area contributed by atoms with Crippen LogP contribution in [0.25, 0.3) is 11.1 Å². The number of hydrogen-bond donors (Lipinski definition) is 0. The Bertz CT molecular complexity index is 1740. The molecule has 192 valence electrons. The maximum absolute atomic E-state index is 6.86. The lowest BCUT2D eigenvalue weighted by molar-refractivity contribution is 0.477. The second-order valence-corrected chi connectivity index (χ2v) is 10.1. The second-order valence-electron chi connectivity index (χ2n) is 9.62. The van der Waals surface area contributed by atoms with Crippen LogP contribution in [0.5, 0.6) is 11.5 Å². The van der Waals surface area contributed by atoms with E-state index in [1.807, 2.05) is 60.7 Å². The Labute approximate surface area is 239 Å². The Kier molecular flexibility index (Phi) is 6.19. The molecule has 0 atom stereocenters. The number of fused-ring (bicyclic) bond motifs is 2. The quantitative estimate of drug-likeness (QED) is 0.217. The first-order valence-electron chi connectivity index (χ1n) is 13.2. The molecule has 4 heteroatoms. The monoisotopic (exact) mass is 536 g/mol. The Hall–Kier alpha value is -4.99. The van der Waals surface area contributed by atoms with Crippen molar-refractivity contribution in [3.63, 3.8) is 0 Å². The molecule has 0 radical (unpaired) electrons. The summed E-state index contributed by atoms with van der Waals surface area (Å²) in [5.41, 5.74) is 8.30. The minimum Gasteiger partial charge on any atom is -0.453 e. The average Bonchev–Trinajstić information content (AvgIpc) is 3.01. The molecule has 6 aromatic rings. The molecule has 0 amide bonds. The van der Waals surface area contributed by atoms with Crippen LogP contribution in [-0.4, -0.2) is 0 Å². The van der Waals surface area contributed by atoms with Crippen molar-refractivity contribution in [3.8, 4) is 22.6 Å². The van der Waals surface area contributed by atoms with Crippen molar-refractivity contribution in [2.75, 3.05) is 9.80 Å². The number of rotatable bonds is 5. The van der Waals surface area contributed by atoms with Crippen LogP contribution in [0.15, 0.2) is 152 Å². The maximum atomic E-state index is 6.86. The Balaban J connectivity index is 1.37. The molecule has 0 N–H and O–H groups in total. The zero-order chi connectivity index (χ0) is 26.9. The number of anilines is 6. The average molecular weight is 537 g/mol. The highest BCUT2D eigenvalue weighted by atomic mass is 35.5. The lowest BCUT2D eigenvalue weighted by Crippen LogP contribution is -2.16. The van der Waals surface area contributed by atoms with Crippen LogP contribution in [0.3, 0.4) is 0 Å². The molecule has 0 spiro atoms. The van der Waals surface area contributed by atoms with E-state index in [-0.39, 0.29) is 0 Å². The second kappa shape index (κ2) is 10.3. The molecule has 1 aliphatic heterocycles. The molecule has 1 heterocycles. The fourth-order valence-electron chi connectivity index (χ4n) is 5.26. The zero-order valence-corrected chi connectivity index (χ0v) is 22.4. The summed E-state index contributed by atoms with van der Waals surface area (Å²) in [6.07, 6.45) is 0. The molecule has 40 heavy (non-hydrogen) atoms. The van der Waals surface area contributed by atoms with Gasteiger partial charge >= 0.3 is 0 Å². The van der Waals surface area contributed by atoms with Crippen molar-refractivity contribution in [2.24, 2.45) is 0 Å². The van der Waals surface area contributed by atoms with Gasteiger partial charge in [0.1, 0.15) is 0 Å². The van der Waals surface area contributed by atoms with Crippen LogP contribution in [0.2, 0.25) is 5.02 Å². The molecule has 0 aliphatic carbocycles. The Morgan fingerprint density at radius 1 is 0.475 bits per heavy atom. The molecule has 0 unspecified atom stereocenters. The molecular weight excluding hydrogens is 512 g/mol. The fourth-order valence-corrected chi connectivity index (χ4v) is 5.48. The SMILES string of the molecule is Clc1cc(N(c2ccccc2)c2ccc(-c3ccccc3)cc2)cc(N2c3ccccc3Oc3ccccc32)c1. The number of nitrogens with zero attached hydrogens (tertiary/aromatic N) is 2. The highest BCUT2D eigenvalue weighted by Crippen LogP contribution is 2.51. The van der Waals surface area contributed by atoms with E-state index in [4.69, 9.17) is 16.3 Å².